The van der Waals surface area contributed by atoms with Gasteiger partial charge in [-0.1, -0.05) is 12.1 Å². The van der Waals surface area contributed by atoms with Gasteiger partial charge in [0.05, 0.1) is 6.33 Å². The van der Waals surface area contributed by atoms with Crippen molar-refractivity contribution in [3.05, 3.63) is 30.6 Å². The molecule has 0 spiro atoms. The fourth-order valence-corrected chi connectivity index (χ4v) is 1.30. The van der Waals surface area contributed by atoms with Crippen LogP contribution in [0.5, 0.6) is 0 Å². The van der Waals surface area contributed by atoms with Gasteiger partial charge in [-0.25, -0.2) is 4.98 Å². The van der Waals surface area contributed by atoms with E-state index < -0.39 is 0 Å². The lowest BCUT2D eigenvalue weighted by atomic mass is 10.1. The lowest BCUT2D eigenvalue weighted by Crippen LogP contribution is -1.95. The molecule has 1 heterocycles. The fraction of sp³-hybridized carbons (Fsp3) is 0.100. The van der Waals surface area contributed by atoms with Crippen LogP contribution >= 0.6 is 0 Å². The number of nitrogens with zero attached hydrogens (tertiary/aromatic N) is 2. The van der Waals surface area contributed by atoms with Crippen molar-refractivity contribution in [3.63, 3.8) is 0 Å². The predicted molar refractivity (Wildman–Crippen MR) is 57.5 cm³/mol. The third-order valence-electron chi connectivity index (χ3n) is 2.17. The molecule has 0 radical (unpaired) electrons. The van der Waals surface area contributed by atoms with Crippen molar-refractivity contribution < 1.29 is 0 Å². The average Bonchev–Trinajstić information content (AvgIpc) is 2.50. The molecular weight excluding hydrogens is 176 g/mol. The van der Waals surface area contributed by atoms with Crippen LogP contribution in [0.2, 0.25) is 0 Å². The van der Waals surface area contributed by atoms with Crippen LogP contribution < -0.4 is 11.5 Å². The Labute approximate surface area is 82.2 Å². The molecule has 1 aromatic carbocycles. The first-order valence-corrected chi connectivity index (χ1v) is 4.31. The maximum atomic E-state index is 5.84. The summed E-state index contributed by atoms with van der Waals surface area (Å²) in [5, 5.41) is 0. The summed E-state index contributed by atoms with van der Waals surface area (Å²) in [6, 6.07) is 7.49. The van der Waals surface area contributed by atoms with Crippen LogP contribution in [-0.2, 0) is 7.05 Å². The SMILES string of the molecule is Cn1cnc(-c2ccc(N)cc2)c1N. The molecule has 2 rings (SSSR count). The molecule has 0 fully saturated rings. The molecule has 0 aliphatic heterocycles. The molecule has 0 saturated heterocycles. The van der Waals surface area contributed by atoms with Crippen molar-refractivity contribution in [2.45, 2.75) is 0 Å². The van der Waals surface area contributed by atoms with Gasteiger partial charge in [0, 0.05) is 18.3 Å². The average molecular weight is 188 g/mol. The van der Waals surface area contributed by atoms with Gasteiger partial charge in [0.15, 0.2) is 0 Å². The first kappa shape index (κ1) is 8.62. The minimum absolute atomic E-state index is 0.662. The summed E-state index contributed by atoms with van der Waals surface area (Å²) in [4.78, 5) is 4.21. The summed E-state index contributed by atoms with van der Waals surface area (Å²) in [7, 11) is 1.86. The number of aryl methyl sites for hydroxylation is 1. The number of anilines is 2. The topological polar surface area (TPSA) is 69.9 Å². The number of nitrogens with two attached hydrogens (primary N) is 2. The monoisotopic (exact) mass is 188 g/mol. The second-order valence-electron chi connectivity index (χ2n) is 3.21. The van der Waals surface area contributed by atoms with Gasteiger partial charge in [-0.2, -0.15) is 0 Å². The molecule has 14 heavy (non-hydrogen) atoms. The Morgan fingerprint density at radius 3 is 2.29 bits per heavy atom. The predicted octanol–water partition coefficient (Wildman–Crippen LogP) is 1.25. The van der Waals surface area contributed by atoms with E-state index in [2.05, 4.69) is 4.98 Å². The largest absolute Gasteiger partial charge is 0.399 e. The van der Waals surface area contributed by atoms with Gasteiger partial charge in [0.2, 0.25) is 0 Å². The lowest BCUT2D eigenvalue weighted by molar-refractivity contribution is 0.925. The number of hydrogen-bond donors (Lipinski definition) is 2. The van der Waals surface area contributed by atoms with Crippen LogP contribution in [0.1, 0.15) is 0 Å². The van der Waals surface area contributed by atoms with Gasteiger partial charge in [-0.3, -0.25) is 0 Å². The third-order valence-corrected chi connectivity index (χ3v) is 2.17. The van der Waals surface area contributed by atoms with E-state index in [1.165, 1.54) is 0 Å². The molecule has 0 unspecified atom stereocenters. The van der Waals surface area contributed by atoms with E-state index in [1.807, 2.05) is 31.3 Å². The molecular formula is C10H12N4. The zero-order valence-corrected chi connectivity index (χ0v) is 7.94. The molecule has 0 bridgehead atoms. The Morgan fingerprint density at radius 1 is 1.14 bits per heavy atom. The highest BCUT2D eigenvalue weighted by atomic mass is 15.1. The van der Waals surface area contributed by atoms with Crippen LogP contribution in [0.3, 0.4) is 0 Å². The Balaban J connectivity index is 2.49. The van der Waals surface area contributed by atoms with Crippen molar-refractivity contribution in [3.8, 4) is 11.3 Å². The summed E-state index contributed by atoms with van der Waals surface area (Å²) in [5.74, 6) is 0.662. The molecule has 0 amide bonds. The van der Waals surface area contributed by atoms with E-state index in [0.29, 0.717) is 5.82 Å². The number of nitrogen functional groups attached to an aromatic ring is 2. The van der Waals surface area contributed by atoms with Gasteiger partial charge < -0.3 is 16.0 Å². The van der Waals surface area contributed by atoms with Crippen LogP contribution in [0.25, 0.3) is 11.3 Å². The van der Waals surface area contributed by atoms with E-state index in [-0.39, 0.29) is 0 Å². The van der Waals surface area contributed by atoms with Gasteiger partial charge in [-0.15, -0.1) is 0 Å². The van der Waals surface area contributed by atoms with E-state index in [1.54, 1.807) is 10.9 Å². The second-order valence-corrected chi connectivity index (χ2v) is 3.21. The van der Waals surface area contributed by atoms with E-state index in [9.17, 15) is 0 Å². The van der Waals surface area contributed by atoms with E-state index >= 15 is 0 Å². The quantitative estimate of drug-likeness (QED) is 0.662. The Bertz CT molecular complexity index is 442. The molecule has 2 aromatic rings. The summed E-state index contributed by atoms with van der Waals surface area (Å²) < 4.78 is 1.78. The first-order valence-electron chi connectivity index (χ1n) is 4.31. The normalized spacial score (nSPS) is 10.4. The molecule has 0 aliphatic carbocycles. The van der Waals surface area contributed by atoms with Crippen molar-refractivity contribution in [1.29, 1.82) is 0 Å². The first-order chi connectivity index (χ1) is 6.68. The third kappa shape index (κ3) is 1.31. The summed E-state index contributed by atoms with van der Waals surface area (Å²) in [5.41, 5.74) is 14.0. The minimum atomic E-state index is 0.662. The van der Waals surface area contributed by atoms with Gasteiger partial charge in [0.1, 0.15) is 11.5 Å². The highest BCUT2D eigenvalue weighted by molar-refractivity contribution is 5.71. The number of rotatable bonds is 1. The minimum Gasteiger partial charge on any atom is -0.399 e. The lowest BCUT2D eigenvalue weighted by Gasteiger charge is -2.00. The molecule has 0 aliphatic rings. The fourth-order valence-electron chi connectivity index (χ4n) is 1.30. The van der Waals surface area contributed by atoms with Crippen LogP contribution in [-0.4, -0.2) is 9.55 Å². The second kappa shape index (κ2) is 3.06. The van der Waals surface area contributed by atoms with Crippen molar-refractivity contribution in [1.82, 2.24) is 9.55 Å². The molecule has 0 atom stereocenters. The summed E-state index contributed by atoms with van der Waals surface area (Å²) >= 11 is 0. The smallest absolute Gasteiger partial charge is 0.131 e. The molecule has 4 nitrogen and oxygen atoms in total. The van der Waals surface area contributed by atoms with Crippen LogP contribution in [0, 0.1) is 0 Å². The molecule has 0 saturated carbocycles. The van der Waals surface area contributed by atoms with Crippen LogP contribution in [0.4, 0.5) is 11.5 Å². The maximum Gasteiger partial charge on any atom is 0.131 e. The Kier molecular flexibility index (Phi) is 1.89. The molecule has 4 N–H and O–H groups in total. The van der Waals surface area contributed by atoms with Crippen molar-refractivity contribution >= 4 is 11.5 Å². The van der Waals surface area contributed by atoms with Gasteiger partial charge >= 0.3 is 0 Å². The standard InChI is InChI=1S/C10H12N4/c1-14-6-13-9(10(14)12)7-2-4-8(11)5-3-7/h2-6H,11-12H2,1H3. The number of aromatic nitrogens is 2. The zero-order chi connectivity index (χ0) is 10.1. The van der Waals surface area contributed by atoms with Gasteiger partial charge in [0.25, 0.3) is 0 Å². The van der Waals surface area contributed by atoms with Crippen molar-refractivity contribution in [2.24, 2.45) is 7.05 Å². The maximum absolute atomic E-state index is 5.84. The molecule has 72 valence electrons. The Hall–Kier alpha value is -1.97. The molecule has 4 heteroatoms. The number of benzene rings is 1. The van der Waals surface area contributed by atoms with Gasteiger partial charge in [-0.05, 0) is 12.1 Å². The highest BCUT2D eigenvalue weighted by Gasteiger charge is 2.06. The van der Waals surface area contributed by atoms with Crippen molar-refractivity contribution in [2.75, 3.05) is 11.5 Å². The number of imidazole rings is 1. The van der Waals surface area contributed by atoms with Crippen LogP contribution in [0.15, 0.2) is 30.6 Å². The molecule has 1 aromatic heterocycles. The summed E-state index contributed by atoms with van der Waals surface area (Å²) in [6.07, 6.45) is 1.70. The number of hydrogen-bond acceptors (Lipinski definition) is 3. The van der Waals surface area contributed by atoms with E-state index in [0.717, 1.165) is 16.9 Å². The summed E-state index contributed by atoms with van der Waals surface area (Å²) in [6.45, 7) is 0. The van der Waals surface area contributed by atoms with E-state index in [4.69, 9.17) is 11.5 Å². The highest BCUT2D eigenvalue weighted by Crippen LogP contribution is 2.23. The zero-order valence-electron chi connectivity index (χ0n) is 7.94. The Morgan fingerprint density at radius 2 is 1.79 bits per heavy atom.